The molecule has 0 radical (unpaired) electrons. The zero-order valence-electron chi connectivity index (χ0n) is 12.6. The van der Waals surface area contributed by atoms with Crippen molar-refractivity contribution in [2.45, 2.75) is 38.3 Å². The van der Waals surface area contributed by atoms with E-state index >= 15 is 0 Å². The van der Waals surface area contributed by atoms with Gasteiger partial charge in [0.15, 0.2) is 9.84 Å². The Balaban J connectivity index is 1.63. The number of ether oxygens (including phenoxy) is 1. The number of amides is 1. The summed E-state index contributed by atoms with van der Waals surface area (Å²) in [7, 11) is -2.91. The summed E-state index contributed by atoms with van der Waals surface area (Å²) >= 11 is 0. The van der Waals surface area contributed by atoms with E-state index in [2.05, 4.69) is 5.32 Å². The van der Waals surface area contributed by atoms with Crippen molar-refractivity contribution in [1.29, 1.82) is 0 Å². The third-order valence-electron chi connectivity index (χ3n) is 5.71. The second-order valence-electron chi connectivity index (χ2n) is 7.26. The molecule has 1 amide bonds. The number of hydrogen-bond acceptors (Lipinski definition) is 5. The predicted molar refractivity (Wildman–Crippen MR) is 78.3 cm³/mol. The van der Waals surface area contributed by atoms with Crippen molar-refractivity contribution in [2.75, 3.05) is 24.7 Å². The molecule has 1 saturated carbocycles. The summed E-state index contributed by atoms with van der Waals surface area (Å²) in [5.41, 5.74) is 5.14. The van der Waals surface area contributed by atoms with E-state index in [0.29, 0.717) is 19.6 Å². The van der Waals surface area contributed by atoms with Gasteiger partial charge in [0.05, 0.1) is 17.6 Å². The van der Waals surface area contributed by atoms with Crippen molar-refractivity contribution in [1.82, 2.24) is 5.32 Å². The molecule has 2 saturated heterocycles. The molecule has 0 aromatic rings. The van der Waals surface area contributed by atoms with Gasteiger partial charge in [-0.05, 0) is 18.8 Å². The van der Waals surface area contributed by atoms with E-state index in [1.165, 1.54) is 0 Å². The quantitative estimate of drug-likeness (QED) is 0.743. The third kappa shape index (κ3) is 2.12. The van der Waals surface area contributed by atoms with E-state index in [4.69, 9.17) is 10.5 Å². The molecule has 0 bridgehead atoms. The summed E-state index contributed by atoms with van der Waals surface area (Å²) in [6.45, 7) is 5.00. The highest BCUT2D eigenvalue weighted by molar-refractivity contribution is 7.91. The molecule has 120 valence electrons. The van der Waals surface area contributed by atoms with Gasteiger partial charge in [0, 0.05) is 24.5 Å². The van der Waals surface area contributed by atoms with E-state index in [-0.39, 0.29) is 40.8 Å². The molecule has 0 aromatic carbocycles. The van der Waals surface area contributed by atoms with Gasteiger partial charge in [-0.1, -0.05) is 13.8 Å². The summed E-state index contributed by atoms with van der Waals surface area (Å²) in [5, 5.41) is 2.89. The number of carbonyl (C=O) groups excluding carboxylic acids is 1. The maximum absolute atomic E-state index is 12.6. The molecule has 2 heterocycles. The Morgan fingerprint density at radius 3 is 2.71 bits per heavy atom. The van der Waals surface area contributed by atoms with Gasteiger partial charge in [-0.3, -0.25) is 4.79 Å². The maximum Gasteiger partial charge on any atom is 0.241 e. The molecule has 3 fully saturated rings. The highest BCUT2D eigenvalue weighted by Gasteiger charge is 2.71. The minimum Gasteiger partial charge on any atom is -0.377 e. The molecule has 4 atom stereocenters. The van der Waals surface area contributed by atoms with E-state index in [1.807, 2.05) is 13.8 Å². The van der Waals surface area contributed by atoms with Gasteiger partial charge in [-0.25, -0.2) is 8.42 Å². The lowest BCUT2D eigenvalue weighted by molar-refractivity contribution is -0.175. The van der Waals surface area contributed by atoms with Crippen molar-refractivity contribution in [2.24, 2.45) is 23.0 Å². The summed E-state index contributed by atoms with van der Waals surface area (Å²) in [6, 6.07) is 0. The van der Waals surface area contributed by atoms with Crippen molar-refractivity contribution in [3.8, 4) is 0 Å². The highest BCUT2D eigenvalue weighted by Crippen LogP contribution is 2.58. The van der Waals surface area contributed by atoms with Crippen LogP contribution in [0, 0.1) is 17.3 Å². The van der Waals surface area contributed by atoms with Crippen LogP contribution in [0.2, 0.25) is 0 Å². The molecule has 3 rings (SSSR count). The fourth-order valence-corrected chi connectivity index (χ4v) is 6.12. The van der Waals surface area contributed by atoms with E-state index in [9.17, 15) is 13.2 Å². The number of hydrogen-bond donors (Lipinski definition) is 2. The van der Waals surface area contributed by atoms with Crippen LogP contribution in [0.1, 0.15) is 26.7 Å². The Bertz CT molecular complexity index is 559. The molecular formula is C14H24N2O4S. The average Bonchev–Trinajstić information content (AvgIpc) is 3.00. The fraction of sp³-hybridized carbons (Fsp3) is 0.929. The van der Waals surface area contributed by atoms with Gasteiger partial charge in [-0.2, -0.15) is 0 Å². The number of sulfone groups is 1. The zero-order valence-corrected chi connectivity index (χ0v) is 13.4. The number of fused-ring (bicyclic) bond motifs is 1. The van der Waals surface area contributed by atoms with Gasteiger partial charge in [0.1, 0.15) is 5.54 Å². The van der Waals surface area contributed by atoms with Crippen LogP contribution in [0.3, 0.4) is 0 Å². The van der Waals surface area contributed by atoms with Crippen molar-refractivity contribution in [3.05, 3.63) is 0 Å². The predicted octanol–water partition coefficient (Wildman–Crippen LogP) is -0.320. The molecular weight excluding hydrogens is 292 g/mol. The highest BCUT2D eigenvalue weighted by atomic mass is 32.2. The fourth-order valence-electron chi connectivity index (χ4n) is 4.26. The monoisotopic (exact) mass is 316 g/mol. The Morgan fingerprint density at radius 2 is 2.10 bits per heavy atom. The zero-order chi connectivity index (χ0) is 15.5. The third-order valence-corrected chi connectivity index (χ3v) is 7.54. The molecule has 4 unspecified atom stereocenters. The normalized spacial score (nSPS) is 43.1. The van der Waals surface area contributed by atoms with Crippen LogP contribution in [0.4, 0.5) is 0 Å². The van der Waals surface area contributed by atoms with Crippen LogP contribution in [0.5, 0.6) is 0 Å². The lowest BCUT2D eigenvalue weighted by atomic mass is 9.48. The summed E-state index contributed by atoms with van der Waals surface area (Å²) < 4.78 is 28.6. The molecule has 3 N–H and O–H groups in total. The summed E-state index contributed by atoms with van der Waals surface area (Å²) in [5.74, 6) is 0.319. The van der Waals surface area contributed by atoms with Gasteiger partial charge in [0.2, 0.25) is 5.91 Å². The first-order valence-corrected chi connectivity index (χ1v) is 9.40. The van der Waals surface area contributed by atoms with Crippen LogP contribution in [-0.4, -0.2) is 50.6 Å². The molecule has 6 nitrogen and oxygen atoms in total. The molecule has 0 spiro atoms. The Kier molecular flexibility index (Phi) is 3.39. The van der Waals surface area contributed by atoms with Crippen LogP contribution >= 0.6 is 0 Å². The maximum atomic E-state index is 12.6. The first kappa shape index (κ1) is 15.2. The average molecular weight is 316 g/mol. The van der Waals surface area contributed by atoms with Gasteiger partial charge in [-0.15, -0.1) is 0 Å². The number of nitrogens with two attached hydrogens (primary N) is 1. The van der Waals surface area contributed by atoms with E-state index in [1.54, 1.807) is 0 Å². The lowest BCUT2D eigenvalue weighted by Gasteiger charge is -2.60. The first-order valence-electron chi connectivity index (χ1n) is 7.58. The Hall–Kier alpha value is -0.660. The number of nitrogens with one attached hydrogen (secondary N) is 1. The minimum absolute atomic E-state index is 0.0152. The molecule has 2 aliphatic heterocycles. The number of carbonyl (C=O) groups is 1. The van der Waals surface area contributed by atoms with Crippen molar-refractivity contribution in [3.63, 3.8) is 0 Å². The summed E-state index contributed by atoms with van der Waals surface area (Å²) in [6.07, 6.45) is 1.49. The van der Waals surface area contributed by atoms with Crippen LogP contribution < -0.4 is 11.1 Å². The molecule has 1 aliphatic carbocycles. The smallest absolute Gasteiger partial charge is 0.241 e. The van der Waals surface area contributed by atoms with Crippen molar-refractivity contribution < 1.29 is 17.9 Å². The Morgan fingerprint density at radius 1 is 1.38 bits per heavy atom. The number of rotatable bonds is 3. The van der Waals surface area contributed by atoms with Crippen LogP contribution in [-0.2, 0) is 19.4 Å². The van der Waals surface area contributed by atoms with Crippen LogP contribution in [0.15, 0.2) is 0 Å². The van der Waals surface area contributed by atoms with Gasteiger partial charge >= 0.3 is 0 Å². The Labute approximate surface area is 125 Å². The summed E-state index contributed by atoms with van der Waals surface area (Å²) in [4.78, 5) is 12.6. The van der Waals surface area contributed by atoms with Gasteiger partial charge < -0.3 is 15.8 Å². The lowest BCUT2D eigenvalue weighted by Crippen LogP contribution is -2.80. The topological polar surface area (TPSA) is 98.5 Å². The minimum atomic E-state index is -2.91. The second-order valence-corrected chi connectivity index (χ2v) is 9.49. The SMILES string of the molecule is CC1(C)C2OCCC2C1(N)C(=O)NCC1CCS(=O)(=O)C1. The van der Waals surface area contributed by atoms with E-state index in [0.717, 1.165) is 6.42 Å². The largest absolute Gasteiger partial charge is 0.377 e. The molecule has 7 heteroatoms. The second kappa shape index (κ2) is 4.67. The first-order chi connectivity index (χ1) is 9.68. The van der Waals surface area contributed by atoms with E-state index < -0.39 is 15.4 Å². The van der Waals surface area contributed by atoms with Crippen LogP contribution in [0.25, 0.3) is 0 Å². The van der Waals surface area contributed by atoms with Gasteiger partial charge in [0.25, 0.3) is 0 Å². The standard InChI is InChI=1S/C14H24N2O4S/c1-13(2)11-10(3-5-20-11)14(13,15)12(17)16-7-9-4-6-21(18,19)8-9/h9-11H,3-8,15H2,1-2H3,(H,16,17). The molecule has 21 heavy (non-hydrogen) atoms. The molecule has 0 aromatic heterocycles. The molecule has 3 aliphatic rings. The van der Waals surface area contributed by atoms with Crippen molar-refractivity contribution >= 4 is 15.7 Å².